The van der Waals surface area contributed by atoms with Crippen molar-refractivity contribution in [2.75, 3.05) is 6.54 Å². The molecular weight excluding hydrogens is 310 g/mol. The van der Waals surface area contributed by atoms with Crippen molar-refractivity contribution in [1.82, 2.24) is 5.32 Å². The Bertz CT molecular complexity index is 731. The van der Waals surface area contributed by atoms with Gasteiger partial charge in [-0.2, -0.15) is 10.2 Å². The number of hydrogen-bond donors (Lipinski definition) is 2. The Balaban J connectivity index is 1.66. The van der Waals surface area contributed by atoms with Crippen LogP contribution in [0.4, 0.5) is 0 Å². The van der Waals surface area contributed by atoms with Gasteiger partial charge in [-0.05, 0) is 11.1 Å². The summed E-state index contributed by atoms with van der Waals surface area (Å²) in [6.45, 7) is 0.709. The molecule has 0 amide bonds. The highest BCUT2D eigenvalue weighted by molar-refractivity contribution is 5.26. The summed E-state index contributed by atoms with van der Waals surface area (Å²) in [4.78, 5) is 0. The predicted molar refractivity (Wildman–Crippen MR) is 98.9 cm³/mol. The average Bonchev–Trinajstić information content (AvgIpc) is 3.45. The monoisotopic (exact) mass is 333 g/mol. The van der Waals surface area contributed by atoms with Crippen LogP contribution in [-0.2, 0) is 0 Å². The molecule has 0 fully saturated rings. The number of rotatable bonds is 9. The lowest BCUT2D eigenvalue weighted by Crippen LogP contribution is -2.30. The van der Waals surface area contributed by atoms with E-state index >= 15 is 0 Å². The van der Waals surface area contributed by atoms with Crippen molar-refractivity contribution in [2.45, 2.75) is 37.1 Å². The number of nitrogens with zero attached hydrogens (tertiary/aromatic N) is 2. The summed E-state index contributed by atoms with van der Waals surface area (Å²) in [6, 6.07) is 19.6. The van der Waals surface area contributed by atoms with Crippen molar-refractivity contribution in [3.63, 3.8) is 0 Å². The van der Waals surface area contributed by atoms with E-state index in [9.17, 15) is 5.11 Å². The SMILES string of the molecule is C#CCCC1(CCN[C@@H](c2ccccc2)[C@H](O)c2ccccc2)N=N1. The van der Waals surface area contributed by atoms with Crippen LogP contribution in [0.3, 0.4) is 0 Å². The third-order valence-electron chi connectivity index (χ3n) is 4.56. The van der Waals surface area contributed by atoms with E-state index in [4.69, 9.17) is 6.42 Å². The Kier molecular flexibility index (Phi) is 5.60. The van der Waals surface area contributed by atoms with Crippen LogP contribution in [0.25, 0.3) is 0 Å². The quantitative estimate of drug-likeness (QED) is 0.681. The Morgan fingerprint density at radius 1 is 0.960 bits per heavy atom. The first kappa shape index (κ1) is 17.3. The fourth-order valence-corrected chi connectivity index (χ4v) is 3.01. The minimum Gasteiger partial charge on any atom is -0.386 e. The van der Waals surface area contributed by atoms with E-state index in [2.05, 4.69) is 21.5 Å². The summed E-state index contributed by atoms with van der Waals surface area (Å²) in [5.41, 5.74) is 1.64. The van der Waals surface area contributed by atoms with Gasteiger partial charge < -0.3 is 10.4 Å². The van der Waals surface area contributed by atoms with Gasteiger partial charge in [0.25, 0.3) is 0 Å². The van der Waals surface area contributed by atoms with E-state index < -0.39 is 6.10 Å². The van der Waals surface area contributed by atoms with E-state index in [1.54, 1.807) is 0 Å². The first-order valence-electron chi connectivity index (χ1n) is 8.63. The molecule has 25 heavy (non-hydrogen) atoms. The van der Waals surface area contributed by atoms with Crippen molar-refractivity contribution in [2.24, 2.45) is 10.2 Å². The molecule has 0 spiro atoms. The van der Waals surface area contributed by atoms with Crippen molar-refractivity contribution in [3.05, 3.63) is 71.8 Å². The third kappa shape index (κ3) is 4.54. The van der Waals surface area contributed by atoms with E-state index in [1.165, 1.54) is 0 Å². The molecule has 3 rings (SSSR count). The molecule has 4 heteroatoms. The summed E-state index contributed by atoms with van der Waals surface area (Å²) < 4.78 is 0. The van der Waals surface area contributed by atoms with Crippen molar-refractivity contribution in [3.8, 4) is 12.3 Å². The van der Waals surface area contributed by atoms with Gasteiger partial charge >= 0.3 is 0 Å². The second kappa shape index (κ2) is 8.06. The van der Waals surface area contributed by atoms with Gasteiger partial charge in [-0.15, -0.1) is 12.3 Å². The van der Waals surface area contributed by atoms with Crippen LogP contribution in [0, 0.1) is 12.3 Å². The Morgan fingerprint density at radius 3 is 2.12 bits per heavy atom. The molecule has 1 aliphatic rings. The maximum absolute atomic E-state index is 10.9. The molecule has 2 atom stereocenters. The number of benzene rings is 2. The summed E-state index contributed by atoms with van der Waals surface area (Å²) >= 11 is 0. The first-order chi connectivity index (χ1) is 12.2. The van der Waals surface area contributed by atoms with Gasteiger partial charge in [0.05, 0.1) is 12.1 Å². The topological polar surface area (TPSA) is 57.0 Å². The molecule has 0 aromatic heterocycles. The molecule has 0 unspecified atom stereocenters. The normalized spacial score (nSPS) is 16.8. The minimum absolute atomic E-state index is 0.188. The van der Waals surface area contributed by atoms with Crippen LogP contribution in [-0.4, -0.2) is 17.3 Å². The molecule has 0 saturated heterocycles. The fourth-order valence-electron chi connectivity index (χ4n) is 3.01. The third-order valence-corrected chi connectivity index (χ3v) is 4.56. The highest BCUT2D eigenvalue weighted by Crippen LogP contribution is 2.36. The van der Waals surface area contributed by atoms with Gasteiger partial charge in [0.15, 0.2) is 5.66 Å². The minimum atomic E-state index is -0.627. The van der Waals surface area contributed by atoms with Crippen LogP contribution in [0.5, 0.6) is 0 Å². The molecular formula is C21H23N3O. The lowest BCUT2D eigenvalue weighted by Gasteiger charge is -2.25. The number of nitrogens with one attached hydrogen (secondary N) is 1. The summed E-state index contributed by atoms with van der Waals surface area (Å²) in [5, 5.41) is 22.7. The standard InChI is InChI=1S/C21H23N3O/c1-2-3-14-21(23-24-21)15-16-22-19(17-10-6-4-7-11-17)20(25)18-12-8-5-9-13-18/h1,4-13,19-20,22,25H,3,14-16H2/t19-,20+/m0/s1. The van der Waals surface area contributed by atoms with E-state index in [-0.39, 0.29) is 11.7 Å². The van der Waals surface area contributed by atoms with E-state index in [1.807, 2.05) is 60.7 Å². The maximum atomic E-state index is 10.9. The molecule has 2 N–H and O–H groups in total. The van der Waals surface area contributed by atoms with Gasteiger partial charge in [-0.25, -0.2) is 0 Å². The fraction of sp³-hybridized carbons (Fsp3) is 0.333. The van der Waals surface area contributed by atoms with Gasteiger partial charge in [-0.3, -0.25) is 0 Å². The van der Waals surface area contributed by atoms with E-state index in [0.717, 1.165) is 24.0 Å². The molecule has 0 radical (unpaired) electrons. The number of hydrogen-bond acceptors (Lipinski definition) is 4. The molecule has 0 aliphatic carbocycles. The lowest BCUT2D eigenvalue weighted by molar-refractivity contribution is 0.128. The first-order valence-corrected chi connectivity index (χ1v) is 8.63. The van der Waals surface area contributed by atoms with Crippen molar-refractivity contribution in [1.29, 1.82) is 0 Å². The zero-order chi connectivity index (χ0) is 17.5. The summed E-state index contributed by atoms with van der Waals surface area (Å²) in [6.07, 6.45) is 6.98. The Labute approximate surface area is 149 Å². The Morgan fingerprint density at radius 2 is 1.56 bits per heavy atom. The largest absolute Gasteiger partial charge is 0.386 e. The molecule has 0 saturated carbocycles. The maximum Gasteiger partial charge on any atom is 0.193 e. The zero-order valence-corrected chi connectivity index (χ0v) is 14.2. The van der Waals surface area contributed by atoms with Gasteiger partial charge in [0.2, 0.25) is 0 Å². The number of terminal acetylenes is 1. The van der Waals surface area contributed by atoms with Crippen LogP contribution in [0.1, 0.15) is 42.5 Å². The molecule has 128 valence electrons. The molecule has 0 bridgehead atoms. The molecule has 1 heterocycles. The van der Waals surface area contributed by atoms with Crippen molar-refractivity contribution < 1.29 is 5.11 Å². The van der Waals surface area contributed by atoms with Gasteiger partial charge in [0.1, 0.15) is 0 Å². The second-order valence-electron chi connectivity index (χ2n) is 6.33. The highest BCUT2D eigenvalue weighted by atomic mass is 16.3. The highest BCUT2D eigenvalue weighted by Gasteiger charge is 2.38. The number of aliphatic hydroxyl groups excluding tert-OH is 1. The predicted octanol–water partition coefficient (Wildman–Crippen LogP) is 4.02. The van der Waals surface area contributed by atoms with E-state index in [0.29, 0.717) is 13.0 Å². The molecule has 2 aromatic rings. The number of aliphatic hydroxyl groups is 1. The zero-order valence-electron chi connectivity index (χ0n) is 14.2. The smallest absolute Gasteiger partial charge is 0.193 e. The molecule has 2 aromatic carbocycles. The van der Waals surface area contributed by atoms with Gasteiger partial charge in [0, 0.05) is 25.8 Å². The second-order valence-corrected chi connectivity index (χ2v) is 6.33. The summed E-state index contributed by atoms with van der Waals surface area (Å²) in [5.74, 6) is 2.65. The van der Waals surface area contributed by atoms with Crippen LogP contribution in [0.2, 0.25) is 0 Å². The molecule has 1 aliphatic heterocycles. The summed E-state index contributed by atoms with van der Waals surface area (Å²) in [7, 11) is 0. The van der Waals surface area contributed by atoms with Crippen molar-refractivity contribution >= 4 is 0 Å². The van der Waals surface area contributed by atoms with Crippen LogP contribution >= 0.6 is 0 Å². The Hall–Kier alpha value is -2.48. The van der Waals surface area contributed by atoms with Crippen LogP contribution in [0.15, 0.2) is 70.9 Å². The molecule has 4 nitrogen and oxygen atoms in total. The van der Waals surface area contributed by atoms with Gasteiger partial charge in [-0.1, -0.05) is 60.7 Å². The lowest BCUT2D eigenvalue weighted by atomic mass is 9.95. The van der Waals surface area contributed by atoms with Crippen LogP contribution < -0.4 is 5.32 Å². The average molecular weight is 333 g/mol.